The Morgan fingerprint density at radius 2 is 1.81 bits per heavy atom. The summed E-state index contributed by atoms with van der Waals surface area (Å²) < 4.78 is 0. The zero-order chi connectivity index (χ0) is 12.7. The smallest absolute Gasteiger partial charge is 0.223 e. The first kappa shape index (κ1) is 14.9. The first-order chi connectivity index (χ1) is 7.40. The van der Waals surface area contributed by atoms with Crippen LogP contribution in [-0.4, -0.2) is 34.1 Å². The van der Waals surface area contributed by atoms with Crippen molar-refractivity contribution in [1.29, 1.82) is 5.26 Å². The molecule has 0 aliphatic carbocycles. The van der Waals surface area contributed by atoms with E-state index in [1.54, 1.807) is 4.90 Å². The molecule has 0 saturated carbocycles. The molecule has 4 nitrogen and oxygen atoms in total. The Balaban J connectivity index is 4.18. The van der Waals surface area contributed by atoms with Crippen molar-refractivity contribution < 1.29 is 9.90 Å². The van der Waals surface area contributed by atoms with Gasteiger partial charge in [-0.3, -0.25) is 4.79 Å². The number of nitriles is 1. The molecule has 1 atom stereocenters. The van der Waals surface area contributed by atoms with Gasteiger partial charge in [0, 0.05) is 18.5 Å². The van der Waals surface area contributed by atoms with E-state index in [0.29, 0.717) is 12.8 Å². The molecule has 92 valence electrons. The van der Waals surface area contributed by atoms with Gasteiger partial charge in [-0.1, -0.05) is 0 Å². The standard InChI is InChI=1S/C12H22N2O2/c1-9(2)14(10(3)4)12(16)6-5-11(15)7-8-13/h9-11,15H,5-7H2,1-4H3. The molecule has 4 heteroatoms. The highest BCUT2D eigenvalue weighted by Crippen LogP contribution is 2.10. The van der Waals surface area contributed by atoms with Crippen molar-refractivity contribution in [3.8, 4) is 6.07 Å². The van der Waals surface area contributed by atoms with E-state index in [9.17, 15) is 9.90 Å². The molecule has 16 heavy (non-hydrogen) atoms. The van der Waals surface area contributed by atoms with Crippen molar-refractivity contribution in [3.05, 3.63) is 0 Å². The van der Waals surface area contributed by atoms with Crippen LogP contribution < -0.4 is 0 Å². The van der Waals surface area contributed by atoms with Crippen molar-refractivity contribution in [2.45, 2.75) is 65.1 Å². The quantitative estimate of drug-likeness (QED) is 0.749. The third kappa shape index (κ3) is 5.13. The first-order valence-electron chi connectivity index (χ1n) is 5.76. The minimum absolute atomic E-state index is 0.0435. The molecule has 0 aliphatic rings. The van der Waals surface area contributed by atoms with Crippen molar-refractivity contribution in [1.82, 2.24) is 4.90 Å². The van der Waals surface area contributed by atoms with Crippen LogP contribution in [0, 0.1) is 11.3 Å². The monoisotopic (exact) mass is 226 g/mol. The van der Waals surface area contributed by atoms with E-state index in [2.05, 4.69) is 0 Å². The molecular weight excluding hydrogens is 204 g/mol. The normalized spacial score (nSPS) is 12.6. The number of aliphatic hydroxyl groups is 1. The number of hydrogen-bond donors (Lipinski definition) is 1. The maximum atomic E-state index is 11.9. The number of hydrogen-bond acceptors (Lipinski definition) is 3. The Kier molecular flexibility index (Phi) is 6.75. The molecule has 0 bridgehead atoms. The van der Waals surface area contributed by atoms with E-state index >= 15 is 0 Å². The van der Waals surface area contributed by atoms with Gasteiger partial charge in [0.1, 0.15) is 0 Å². The summed E-state index contributed by atoms with van der Waals surface area (Å²) in [6.07, 6.45) is 0.0770. The molecule has 0 aliphatic heterocycles. The van der Waals surface area contributed by atoms with E-state index in [1.807, 2.05) is 33.8 Å². The maximum Gasteiger partial charge on any atom is 0.223 e. The van der Waals surface area contributed by atoms with Crippen LogP contribution in [0.15, 0.2) is 0 Å². The van der Waals surface area contributed by atoms with Crippen LogP contribution in [0.1, 0.15) is 47.0 Å². The van der Waals surface area contributed by atoms with Gasteiger partial charge in [-0.15, -0.1) is 0 Å². The number of carbonyl (C=O) groups excluding carboxylic acids is 1. The minimum atomic E-state index is -0.685. The third-order valence-corrected chi connectivity index (χ3v) is 2.42. The van der Waals surface area contributed by atoms with E-state index in [0.717, 1.165) is 0 Å². The predicted octanol–water partition coefficient (Wildman–Crippen LogP) is 1.69. The Morgan fingerprint density at radius 3 is 2.19 bits per heavy atom. The minimum Gasteiger partial charge on any atom is -0.392 e. The molecule has 0 fully saturated rings. The van der Waals surface area contributed by atoms with E-state index in [4.69, 9.17) is 5.26 Å². The van der Waals surface area contributed by atoms with Gasteiger partial charge in [0.2, 0.25) is 5.91 Å². The summed E-state index contributed by atoms with van der Waals surface area (Å²) in [5, 5.41) is 17.7. The number of amides is 1. The van der Waals surface area contributed by atoms with Gasteiger partial charge in [-0.05, 0) is 34.1 Å². The lowest BCUT2D eigenvalue weighted by atomic mass is 10.1. The molecule has 0 aromatic rings. The van der Waals surface area contributed by atoms with Gasteiger partial charge >= 0.3 is 0 Å². The maximum absolute atomic E-state index is 11.9. The predicted molar refractivity (Wildman–Crippen MR) is 62.6 cm³/mol. The fourth-order valence-electron chi connectivity index (χ4n) is 1.80. The van der Waals surface area contributed by atoms with Crippen molar-refractivity contribution in [3.63, 3.8) is 0 Å². The van der Waals surface area contributed by atoms with Crippen LogP contribution in [0.2, 0.25) is 0 Å². The number of aliphatic hydroxyl groups excluding tert-OH is 1. The SMILES string of the molecule is CC(C)N(C(=O)CCC(O)CC#N)C(C)C. The van der Waals surface area contributed by atoms with Crippen LogP contribution in [0.25, 0.3) is 0 Å². The molecule has 0 rings (SSSR count). The van der Waals surface area contributed by atoms with Crippen LogP contribution in [0.5, 0.6) is 0 Å². The second-order valence-electron chi connectivity index (χ2n) is 4.54. The summed E-state index contributed by atoms with van der Waals surface area (Å²) in [7, 11) is 0. The van der Waals surface area contributed by atoms with Gasteiger partial charge in [0.15, 0.2) is 0 Å². The highest BCUT2D eigenvalue weighted by molar-refractivity contribution is 5.76. The average Bonchev–Trinajstić information content (AvgIpc) is 2.14. The van der Waals surface area contributed by atoms with Gasteiger partial charge < -0.3 is 10.0 Å². The fourth-order valence-corrected chi connectivity index (χ4v) is 1.80. The molecule has 1 unspecified atom stereocenters. The Morgan fingerprint density at radius 1 is 1.31 bits per heavy atom. The van der Waals surface area contributed by atoms with Crippen LogP contribution >= 0.6 is 0 Å². The van der Waals surface area contributed by atoms with Crippen LogP contribution in [0.3, 0.4) is 0 Å². The molecular formula is C12H22N2O2. The molecule has 1 amide bonds. The molecule has 1 N–H and O–H groups in total. The number of rotatable bonds is 6. The molecule has 0 radical (unpaired) electrons. The summed E-state index contributed by atoms with van der Waals surface area (Å²) in [5.41, 5.74) is 0. The lowest BCUT2D eigenvalue weighted by Gasteiger charge is -2.31. The highest BCUT2D eigenvalue weighted by atomic mass is 16.3. The molecule has 0 aromatic carbocycles. The third-order valence-electron chi connectivity index (χ3n) is 2.42. The second kappa shape index (κ2) is 7.24. The second-order valence-corrected chi connectivity index (χ2v) is 4.54. The summed E-state index contributed by atoms with van der Waals surface area (Å²) in [4.78, 5) is 13.7. The number of carbonyl (C=O) groups is 1. The average molecular weight is 226 g/mol. The Hall–Kier alpha value is -1.08. The molecule has 0 saturated heterocycles. The Bertz CT molecular complexity index is 248. The van der Waals surface area contributed by atoms with Gasteiger partial charge in [-0.2, -0.15) is 5.26 Å². The van der Waals surface area contributed by atoms with E-state index in [-0.39, 0.29) is 24.4 Å². The van der Waals surface area contributed by atoms with Gasteiger partial charge in [0.05, 0.1) is 18.6 Å². The summed E-state index contributed by atoms with van der Waals surface area (Å²) in [6, 6.07) is 2.23. The lowest BCUT2D eigenvalue weighted by molar-refractivity contribution is -0.135. The van der Waals surface area contributed by atoms with Crippen molar-refractivity contribution in [2.24, 2.45) is 0 Å². The Labute approximate surface area is 97.9 Å². The van der Waals surface area contributed by atoms with Crippen molar-refractivity contribution >= 4 is 5.91 Å². The molecule has 0 heterocycles. The first-order valence-corrected chi connectivity index (χ1v) is 5.76. The lowest BCUT2D eigenvalue weighted by Crippen LogP contribution is -2.42. The zero-order valence-corrected chi connectivity index (χ0v) is 10.6. The summed E-state index contributed by atoms with van der Waals surface area (Å²) in [6.45, 7) is 7.90. The summed E-state index contributed by atoms with van der Waals surface area (Å²) in [5.74, 6) is 0.0435. The van der Waals surface area contributed by atoms with Gasteiger partial charge in [-0.25, -0.2) is 0 Å². The zero-order valence-electron chi connectivity index (χ0n) is 10.6. The summed E-state index contributed by atoms with van der Waals surface area (Å²) >= 11 is 0. The topological polar surface area (TPSA) is 64.3 Å². The fraction of sp³-hybridized carbons (Fsp3) is 0.833. The molecule has 0 aromatic heterocycles. The van der Waals surface area contributed by atoms with E-state index in [1.165, 1.54) is 0 Å². The van der Waals surface area contributed by atoms with E-state index < -0.39 is 6.10 Å². The number of nitrogens with zero attached hydrogens (tertiary/aromatic N) is 2. The van der Waals surface area contributed by atoms with Crippen LogP contribution in [0.4, 0.5) is 0 Å². The molecule has 0 spiro atoms. The van der Waals surface area contributed by atoms with Gasteiger partial charge in [0.25, 0.3) is 0 Å². The van der Waals surface area contributed by atoms with Crippen LogP contribution in [-0.2, 0) is 4.79 Å². The largest absolute Gasteiger partial charge is 0.392 e. The van der Waals surface area contributed by atoms with Crippen molar-refractivity contribution in [2.75, 3.05) is 0 Å². The highest BCUT2D eigenvalue weighted by Gasteiger charge is 2.20.